The van der Waals surface area contributed by atoms with Crippen molar-refractivity contribution in [2.24, 2.45) is 11.8 Å². The first-order valence-electron chi connectivity index (χ1n) is 9.88. The molecule has 0 unspecified atom stereocenters. The lowest BCUT2D eigenvalue weighted by Crippen LogP contribution is -2.38. The minimum atomic E-state index is -0.635. The topological polar surface area (TPSA) is 60.8 Å². The summed E-state index contributed by atoms with van der Waals surface area (Å²) in [7, 11) is 0. The Labute approximate surface area is 160 Å². The number of carbonyl (C=O) groups is 1. The summed E-state index contributed by atoms with van der Waals surface area (Å²) >= 11 is 0. The van der Waals surface area contributed by atoms with Crippen molar-refractivity contribution in [3.8, 4) is 11.1 Å². The first-order valence-corrected chi connectivity index (χ1v) is 9.88. The molecule has 4 heteroatoms. The van der Waals surface area contributed by atoms with Gasteiger partial charge >= 0.3 is 0 Å². The molecule has 1 amide bonds. The molecular weight excluding hydrogens is 338 g/mol. The number of rotatable bonds is 4. The largest absolute Gasteiger partial charge is 0.390 e. The third-order valence-corrected chi connectivity index (χ3v) is 6.15. The summed E-state index contributed by atoms with van der Waals surface area (Å²) in [5.41, 5.74) is 3.56. The third-order valence-electron chi connectivity index (χ3n) is 6.15. The van der Waals surface area contributed by atoms with Gasteiger partial charge in [-0.25, -0.2) is 0 Å². The Morgan fingerprint density at radius 1 is 0.852 bits per heavy atom. The van der Waals surface area contributed by atoms with Crippen molar-refractivity contribution in [3.63, 3.8) is 0 Å². The van der Waals surface area contributed by atoms with Crippen LogP contribution in [0.4, 0.5) is 0 Å². The van der Waals surface area contributed by atoms with E-state index in [1.807, 2.05) is 23.1 Å². The molecule has 0 aromatic heterocycles. The van der Waals surface area contributed by atoms with Gasteiger partial charge in [0.25, 0.3) is 0 Å². The zero-order chi connectivity index (χ0) is 18.8. The number of fused-ring (bicyclic) bond motifs is 1. The Hall–Kier alpha value is -2.17. The molecule has 4 nitrogen and oxygen atoms in total. The lowest BCUT2D eigenvalue weighted by molar-refractivity contribution is -0.130. The van der Waals surface area contributed by atoms with Crippen LogP contribution in [-0.4, -0.2) is 46.3 Å². The summed E-state index contributed by atoms with van der Waals surface area (Å²) in [5, 5.41) is 19.7. The monoisotopic (exact) mass is 365 g/mol. The van der Waals surface area contributed by atoms with E-state index in [1.165, 1.54) is 16.7 Å². The lowest BCUT2D eigenvalue weighted by Gasteiger charge is -2.31. The highest BCUT2D eigenvalue weighted by Gasteiger charge is 2.42. The fourth-order valence-electron chi connectivity index (χ4n) is 4.51. The Bertz CT molecular complexity index is 756. The van der Waals surface area contributed by atoms with E-state index in [-0.39, 0.29) is 5.91 Å². The average molecular weight is 365 g/mol. The smallest absolute Gasteiger partial charge is 0.222 e. The maximum atomic E-state index is 12.6. The molecule has 2 fully saturated rings. The fourth-order valence-corrected chi connectivity index (χ4v) is 4.51. The molecule has 2 aromatic rings. The van der Waals surface area contributed by atoms with Crippen LogP contribution in [0.5, 0.6) is 0 Å². The number of carbonyl (C=O) groups excluding carboxylic acids is 1. The number of hydrogen-bond acceptors (Lipinski definition) is 3. The Morgan fingerprint density at radius 3 is 2.00 bits per heavy atom. The van der Waals surface area contributed by atoms with Crippen molar-refractivity contribution in [1.29, 1.82) is 0 Å². The molecule has 1 saturated carbocycles. The number of hydrogen-bond donors (Lipinski definition) is 2. The molecule has 142 valence electrons. The van der Waals surface area contributed by atoms with Crippen LogP contribution < -0.4 is 0 Å². The van der Waals surface area contributed by atoms with Gasteiger partial charge in [-0.05, 0) is 47.8 Å². The van der Waals surface area contributed by atoms with Crippen LogP contribution in [0.15, 0.2) is 54.6 Å². The number of aliphatic hydroxyl groups excluding tert-OH is 2. The maximum Gasteiger partial charge on any atom is 0.222 e. The first-order chi connectivity index (χ1) is 13.1. The Balaban J connectivity index is 1.31. The predicted octanol–water partition coefficient (Wildman–Crippen LogP) is 2.88. The zero-order valence-corrected chi connectivity index (χ0v) is 15.5. The van der Waals surface area contributed by atoms with E-state index in [2.05, 4.69) is 36.4 Å². The number of benzene rings is 2. The third kappa shape index (κ3) is 4.07. The standard InChI is InChI=1S/C23H27NO3/c25-21-12-19-14-24(15-20(19)13-22(21)26)23(27)11-8-16-6-9-18(10-7-16)17-4-2-1-3-5-17/h1-7,9-10,19-22,25-26H,8,11-15H2/t19-,20+,21+,22-. The molecule has 2 aromatic carbocycles. The minimum Gasteiger partial charge on any atom is -0.390 e. The SMILES string of the molecule is O=C(CCc1ccc(-c2ccccc2)cc1)N1C[C@H]2C[C@H](O)[C@H](O)C[C@H]2C1. The van der Waals surface area contributed by atoms with Gasteiger partial charge in [0.05, 0.1) is 12.2 Å². The highest BCUT2D eigenvalue weighted by Crippen LogP contribution is 2.36. The van der Waals surface area contributed by atoms with E-state index in [0.717, 1.165) is 19.5 Å². The van der Waals surface area contributed by atoms with Crippen LogP contribution in [0.2, 0.25) is 0 Å². The molecule has 1 aliphatic carbocycles. The van der Waals surface area contributed by atoms with Crippen molar-refractivity contribution in [2.45, 2.75) is 37.9 Å². The van der Waals surface area contributed by atoms with Gasteiger partial charge in [-0.15, -0.1) is 0 Å². The second-order valence-electron chi connectivity index (χ2n) is 7.99. The number of amides is 1. The van der Waals surface area contributed by atoms with Crippen LogP contribution >= 0.6 is 0 Å². The molecule has 0 bridgehead atoms. The lowest BCUT2D eigenvalue weighted by atomic mass is 9.79. The molecule has 1 heterocycles. The molecule has 4 rings (SSSR count). The minimum absolute atomic E-state index is 0.181. The van der Waals surface area contributed by atoms with Gasteiger partial charge in [0.2, 0.25) is 5.91 Å². The van der Waals surface area contributed by atoms with Gasteiger partial charge in [-0.3, -0.25) is 4.79 Å². The maximum absolute atomic E-state index is 12.6. The second-order valence-corrected chi connectivity index (χ2v) is 7.99. The number of aliphatic hydroxyl groups is 2. The van der Waals surface area contributed by atoms with Crippen molar-refractivity contribution in [1.82, 2.24) is 4.90 Å². The first kappa shape index (κ1) is 18.2. The molecule has 1 aliphatic heterocycles. The Kier molecular flexibility index (Phi) is 5.28. The average Bonchev–Trinajstić information content (AvgIpc) is 3.10. The molecule has 1 saturated heterocycles. The highest BCUT2D eigenvalue weighted by molar-refractivity contribution is 5.77. The van der Waals surface area contributed by atoms with E-state index < -0.39 is 12.2 Å². The van der Waals surface area contributed by atoms with E-state index >= 15 is 0 Å². The van der Waals surface area contributed by atoms with Crippen LogP contribution in [0, 0.1) is 11.8 Å². The van der Waals surface area contributed by atoms with Gasteiger partial charge in [-0.2, -0.15) is 0 Å². The van der Waals surface area contributed by atoms with E-state index in [4.69, 9.17) is 0 Å². The van der Waals surface area contributed by atoms with Crippen molar-refractivity contribution >= 4 is 5.91 Å². The molecule has 2 N–H and O–H groups in total. The van der Waals surface area contributed by atoms with Crippen LogP contribution in [0.25, 0.3) is 11.1 Å². The van der Waals surface area contributed by atoms with Crippen LogP contribution in [0.1, 0.15) is 24.8 Å². The van der Waals surface area contributed by atoms with E-state index in [1.54, 1.807) is 0 Å². The molecular formula is C23H27NO3. The summed E-state index contributed by atoms with van der Waals surface area (Å²) in [6.45, 7) is 1.44. The van der Waals surface area contributed by atoms with Gasteiger partial charge in [0, 0.05) is 19.5 Å². The molecule has 0 radical (unpaired) electrons. The van der Waals surface area contributed by atoms with Gasteiger partial charge in [-0.1, -0.05) is 54.6 Å². The number of nitrogens with zero attached hydrogens (tertiary/aromatic N) is 1. The second kappa shape index (κ2) is 7.83. The van der Waals surface area contributed by atoms with Gasteiger partial charge in [0.1, 0.15) is 0 Å². The molecule has 0 spiro atoms. The Morgan fingerprint density at radius 2 is 1.41 bits per heavy atom. The van der Waals surface area contributed by atoms with E-state index in [0.29, 0.717) is 31.1 Å². The summed E-state index contributed by atoms with van der Waals surface area (Å²) in [6, 6.07) is 18.7. The quantitative estimate of drug-likeness (QED) is 0.876. The summed E-state index contributed by atoms with van der Waals surface area (Å²) in [4.78, 5) is 14.5. The van der Waals surface area contributed by atoms with Crippen molar-refractivity contribution in [3.05, 3.63) is 60.2 Å². The van der Waals surface area contributed by atoms with E-state index in [9.17, 15) is 15.0 Å². The van der Waals surface area contributed by atoms with Crippen molar-refractivity contribution < 1.29 is 15.0 Å². The summed E-state index contributed by atoms with van der Waals surface area (Å²) in [6.07, 6.45) is 1.20. The highest BCUT2D eigenvalue weighted by atomic mass is 16.3. The zero-order valence-electron chi connectivity index (χ0n) is 15.5. The van der Waals surface area contributed by atoms with Crippen LogP contribution in [-0.2, 0) is 11.2 Å². The molecule has 4 atom stereocenters. The van der Waals surface area contributed by atoms with Crippen molar-refractivity contribution in [2.75, 3.05) is 13.1 Å². The number of likely N-dealkylation sites (tertiary alicyclic amines) is 1. The molecule has 2 aliphatic rings. The van der Waals surface area contributed by atoms with Gasteiger partial charge < -0.3 is 15.1 Å². The fraction of sp³-hybridized carbons (Fsp3) is 0.435. The predicted molar refractivity (Wildman–Crippen MR) is 105 cm³/mol. The van der Waals surface area contributed by atoms with Gasteiger partial charge in [0.15, 0.2) is 0 Å². The van der Waals surface area contributed by atoms with Crippen LogP contribution in [0.3, 0.4) is 0 Å². The number of aryl methyl sites for hydroxylation is 1. The summed E-state index contributed by atoms with van der Waals surface area (Å²) < 4.78 is 0. The summed E-state index contributed by atoms with van der Waals surface area (Å²) in [5.74, 6) is 0.843. The molecule has 27 heavy (non-hydrogen) atoms. The normalized spacial score (nSPS) is 27.4.